The smallest absolute Gasteiger partial charge is 0.314 e. The second-order valence-electron chi connectivity index (χ2n) is 5.97. The lowest BCUT2D eigenvalue weighted by molar-refractivity contribution is -0.140. The molecule has 2 heterocycles. The SMILES string of the molecule is O=C(Oc1cccnc1Br)C1CCN(S(=O)(=O)c2cc(Cl)ccc2Cl)CC1. The van der Waals surface area contributed by atoms with Gasteiger partial charge in [0.25, 0.3) is 0 Å². The zero-order chi connectivity index (χ0) is 19.6. The van der Waals surface area contributed by atoms with Crippen LogP contribution in [0.5, 0.6) is 5.75 Å². The van der Waals surface area contributed by atoms with Crippen molar-refractivity contribution >= 4 is 55.1 Å². The summed E-state index contributed by atoms with van der Waals surface area (Å²) in [7, 11) is -3.78. The summed E-state index contributed by atoms with van der Waals surface area (Å²) >= 11 is 15.2. The minimum atomic E-state index is -3.78. The number of hydrogen-bond acceptors (Lipinski definition) is 5. The van der Waals surface area contributed by atoms with E-state index >= 15 is 0 Å². The van der Waals surface area contributed by atoms with Gasteiger partial charge in [-0.05, 0) is 59.1 Å². The van der Waals surface area contributed by atoms with Crippen LogP contribution in [0.3, 0.4) is 0 Å². The molecule has 1 aliphatic rings. The Labute approximate surface area is 175 Å². The Hall–Kier alpha value is -1.19. The number of nitrogens with zero attached hydrogens (tertiary/aromatic N) is 2. The summed E-state index contributed by atoms with van der Waals surface area (Å²) in [6, 6.07) is 7.61. The molecule has 1 fully saturated rings. The van der Waals surface area contributed by atoms with Gasteiger partial charge in [-0.2, -0.15) is 4.31 Å². The molecule has 0 atom stereocenters. The third kappa shape index (κ3) is 4.63. The number of sulfonamides is 1. The van der Waals surface area contributed by atoms with Crippen LogP contribution in [0.1, 0.15) is 12.8 Å². The van der Waals surface area contributed by atoms with Crippen molar-refractivity contribution in [2.45, 2.75) is 17.7 Å². The molecule has 144 valence electrons. The number of carbonyl (C=O) groups excluding carboxylic acids is 1. The lowest BCUT2D eigenvalue weighted by atomic mass is 9.98. The molecule has 0 bridgehead atoms. The van der Waals surface area contributed by atoms with Crippen molar-refractivity contribution in [3.05, 3.63) is 51.2 Å². The Morgan fingerprint density at radius 3 is 2.59 bits per heavy atom. The summed E-state index contributed by atoms with van der Waals surface area (Å²) in [6.45, 7) is 0.387. The molecule has 6 nitrogen and oxygen atoms in total. The van der Waals surface area contributed by atoms with E-state index < -0.39 is 21.9 Å². The molecule has 0 spiro atoms. The Morgan fingerprint density at radius 2 is 1.93 bits per heavy atom. The normalized spacial score (nSPS) is 16.3. The van der Waals surface area contributed by atoms with Crippen LogP contribution in [0.15, 0.2) is 46.0 Å². The molecule has 2 aromatic rings. The summed E-state index contributed by atoms with van der Waals surface area (Å²) in [4.78, 5) is 16.3. The number of halogens is 3. The number of esters is 1. The lowest BCUT2D eigenvalue weighted by Gasteiger charge is -2.30. The third-order valence-electron chi connectivity index (χ3n) is 4.23. The van der Waals surface area contributed by atoms with E-state index in [4.69, 9.17) is 27.9 Å². The van der Waals surface area contributed by atoms with E-state index in [-0.39, 0.29) is 23.0 Å². The number of carbonyl (C=O) groups is 1. The highest BCUT2D eigenvalue weighted by molar-refractivity contribution is 9.10. The quantitative estimate of drug-likeness (QED) is 0.472. The summed E-state index contributed by atoms with van der Waals surface area (Å²) in [5.74, 6) is -0.455. The first-order valence-corrected chi connectivity index (χ1v) is 11.1. The Kier molecular flexibility index (Phi) is 6.43. The van der Waals surface area contributed by atoms with Crippen molar-refractivity contribution in [1.29, 1.82) is 0 Å². The molecule has 1 saturated heterocycles. The Morgan fingerprint density at radius 1 is 1.22 bits per heavy atom. The topological polar surface area (TPSA) is 76.6 Å². The molecule has 0 saturated carbocycles. The number of benzene rings is 1. The van der Waals surface area contributed by atoms with Gasteiger partial charge < -0.3 is 4.74 Å². The number of hydrogen-bond donors (Lipinski definition) is 0. The van der Waals surface area contributed by atoms with Crippen LogP contribution in [0.2, 0.25) is 10.0 Å². The van der Waals surface area contributed by atoms with Crippen LogP contribution in [0.25, 0.3) is 0 Å². The third-order valence-corrected chi connectivity index (χ3v) is 7.44. The fourth-order valence-electron chi connectivity index (χ4n) is 2.78. The first-order valence-electron chi connectivity index (χ1n) is 8.06. The average molecular weight is 494 g/mol. The van der Waals surface area contributed by atoms with Gasteiger partial charge in [0.05, 0.1) is 10.9 Å². The maximum Gasteiger partial charge on any atom is 0.314 e. The van der Waals surface area contributed by atoms with E-state index in [1.54, 1.807) is 18.3 Å². The predicted molar refractivity (Wildman–Crippen MR) is 106 cm³/mol. The van der Waals surface area contributed by atoms with Crippen molar-refractivity contribution in [3.8, 4) is 5.75 Å². The summed E-state index contributed by atoms with van der Waals surface area (Å²) in [6.07, 6.45) is 2.29. The molecule has 0 radical (unpaired) electrons. The number of piperidine rings is 1. The maximum absolute atomic E-state index is 12.8. The fraction of sp³-hybridized carbons (Fsp3) is 0.294. The van der Waals surface area contributed by atoms with Gasteiger partial charge in [0.2, 0.25) is 10.0 Å². The van der Waals surface area contributed by atoms with E-state index in [0.717, 1.165) is 0 Å². The van der Waals surface area contributed by atoms with Gasteiger partial charge in [0, 0.05) is 24.3 Å². The van der Waals surface area contributed by atoms with Crippen molar-refractivity contribution in [2.24, 2.45) is 5.92 Å². The van der Waals surface area contributed by atoms with Crippen LogP contribution in [0.4, 0.5) is 0 Å². The van der Waals surface area contributed by atoms with Gasteiger partial charge >= 0.3 is 5.97 Å². The largest absolute Gasteiger partial charge is 0.423 e. The molecule has 1 aromatic carbocycles. The Balaban J connectivity index is 1.67. The highest BCUT2D eigenvalue weighted by atomic mass is 79.9. The summed E-state index contributed by atoms with van der Waals surface area (Å²) in [5, 5.41) is 0.404. The van der Waals surface area contributed by atoms with Crippen LogP contribution < -0.4 is 4.74 Å². The molecule has 0 amide bonds. The molecule has 1 aromatic heterocycles. The monoisotopic (exact) mass is 492 g/mol. The molecule has 0 unspecified atom stereocenters. The first-order chi connectivity index (χ1) is 12.8. The van der Waals surface area contributed by atoms with E-state index in [1.807, 2.05) is 0 Å². The molecule has 1 aliphatic heterocycles. The van der Waals surface area contributed by atoms with Crippen LogP contribution in [-0.2, 0) is 14.8 Å². The molecule has 10 heteroatoms. The molecule has 3 rings (SSSR count). The minimum absolute atomic E-state index is 0.0306. The minimum Gasteiger partial charge on any atom is -0.423 e. The van der Waals surface area contributed by atoms with E-state index in [2.05, 4.69) is 20.9 Å². The second kappa shape index (κ2) is 8.45. The molecule has 27 heavy (non-hydrogen) atoms. The average Bonchev–Trinajstić information content (AvgIpc) is 2.65. The molecular weight excluding hydrogens is 479 g/mol. The number of pyridine rings is 1. The van der Waals surface area contributed by atoms with Gasteiger partial charge in [-0.1, -0.05) is 23.2 Å². The van der Waals surface area contributed by atoms with Crippen LogP contribution in [-0.4, -0.2) is 36.8 Å². The maximum atomic E-state index is 12.8. The zero-order valence-electron chi connectivity index (χ0n) is 13.9. The van der Waals surface area contributed by atoms with Crippen molar-refractivity contribution in [2.75, 3.05) is 13.1 Å². The van der Waals surface area contributed by atoms with Crippen LogP contribution in [0, 0.1) is 5.92 Å². The Bertz CT molecular complexity index is 963. The van der Waals surface area contributed by atoms with E-state index in [1.165, 1.54) is 22.5 Å². The van der Waals surface area contributed by atoms with Crippen molar-refractivity contribution < 1.29 is 17.9 Å². The van der Waals surface area contributed by atoms with Gasteiger partial charge in [0.1, 0.15) is 9.50 Å². The number of rotatable bonds is 4. The highest BCUT2D eigenvalue weighted by Gasteiger charge is 2.34. The molecule has 0 N–H and O–H groups in total. The van der Waals surface area contributed by atoms with E-state index in [9.17, 15) is 13.2 Å². The summed E-state index contributed by atoms with van der Waals surface area (Å²) < 4.78 is 32.8. The van der Waals surface area contributed by atoms with Crippen molar-refractivity contribution in [1.82, 2.24) is 9.29 Å². The van der Waals surface area contributed by atoms with Gasteiger partial charge in [-0.15, -0.1) is 0 Å². The molecule has 0 aliphatic carbocycles. The number of ether oxygens (including phenoxy) is 1. The highest BCUT2D eigenvalue weighted by Crippen LogP contribution is 2.31. The second-order valence-corrected chi connectivity index (χ2v) is 9.47. The molecular formula is C17H15BrCl2N2O4S. The lowest BCUT2D eigenvalue weighted by Crippen LogP contribution is -2.41. The predicted octanol–water partition coefficient (Wildman–Crippen LogP) is 4.16. The summed E-state index contributed by atoms with van der Waals surface area (Å²) in [5.41, 5.74) is 0. The van der Waals surface area contributed by atoms with Crippen molar-refractivity contribution in [3.63, 3.8) is 0 Å². The van der Waals surface area contributed by atoms with Gasteiger partial charge in [-0.25, -0.2) is 13.4 Å². The first kappa shape index (κ1) is 20.5. The van der Waals surface area contributed by atoms with Gasteiger partial charge in [-0.3, -0.25) is 4.79 Å². The zero-order valence-corrected chi connectivity index (χ0v) is 17.9. The van der Waals surface area contributed by atoms with E-state index in [0.29, 0.717) is 28.2 Å². The van der Waals surface area contributed by atoms with Crippen LogP contribution >= 0.6 is 39.1 Å². The van der Waals surface area contributed by atoms with Gasteiger partial charge in [0.15, 0.2) is 5.75 Å². The fourth-order valence-corrected chi connectivity index (χ4v) is 5.32. The standard InChI is InChI=1S/C17H15BrCl2N2O4S/c18-16-14(2-1-7-21-16)26-17(23)11-5-8-22(9-6-11)27(24,25)15-10-12(19)3-4-13(15)20/h1-4,7,10-11H,5-6,8-9H2. The number of aromatic nitrogens is 1.